The molecule has 0 aliphatic carbocycles. The highest BCUT2D eigenvalue weighted by Crippen LogP contribution is 2.11. The number of nitrogens with one attached hydrogen (secondary N) is 1. The Morgan fingerprint density at radius 3 is 2.00 bits per heavy atom. The Hall–Kier alpha value is -1.84. The molecule has 0 bridgehead atoms. The van der Waals surface area contributed by atoms with Gasteiger partial charge in [0.05, 0.1) is 39.6 Å². The van der Waals surface area contributed by atoms with Crippen molar-refractivity contribution in [2.75, 3.05) is 39.6 Å². The number of ether oxygens (including phenoxy) is 3. The van der Waals surface area contributed by atoms with E-state index in [9.17, 15) is 19.2 Å². The Kier molecular flexibility index (Phi) is 14.2. The number of carbonyl (C=O) groups excluding carboxylic acids is 4. The van der Waals surface area contributed by atoms with Crippen molar-refractivity contribution in [3.8, 4) is 0 Å². The molecule has 0 aromatic rings. The second-order valence-electron chi connectivity index (χ2n) is 6.36. The molecule has 0 aromatic heterocycles. The topological polar surface area (TPSA) is 134 Å². The maximum atomic E-state index is 12.2. The largest absolute Gasteiger partial charge is 0.378 e. The van der Waals surface area contributed by atoms with Crippen molar-refractivity contribution in [1.29, 1.82) is 0 Å². The summed E-state index contributed by atoms with van der Waals surface area (Å²) >= 11 is 0. The lowest BCUT2D eigenvalue weighted by atomic mass is 10.0. The van der Waals surface area contributed by atoms with Crippen LogP contribution in [0.25, 0.3) is 0 Å². The van der Waals surface area contributed by atoms with E-state index in [1.165, 1.54) is 6.92 Å². The standard InChI is InChI=1S/C18H32N2O7/c1-3-5-17(24)20-18(12-25-9-4-8-21,13-26-10-6-15(2)22)14-27-11-7-16(19)23/h8H,3-7,9-14H2,1-2H3,(H2,19,23)(H,20,24). The minimum Gasteiger partial charge on any atom is -0.378 e. The second-order valence-corrected chi connectivity index (χ2v) is 6.36. The molecule has 0 aliphatic heterocycles. The number of rotatable bonds is 18. The first-order valence-electron chi connectivity index (χ1n) is 9.11. The Balaban J connectivity index is 4.99. The zero-order valence-electron chi connectivity index (χ0n) is 16.3. The molecule has 0 saturated carbocycles. The summed E-state index contributed by atoms with van der Waals surface area (Å²) in [5.41, 5.74) is 4.10. The Morgan fingerprint density at radius 1 is 0.963 bits per heavy atom. The number of aldehydes is 1. The van der Waals surface area contributed by atoms with E-state index < -0.39 is 11.4 Å². The predicted molar refractivity (Wildman–Crippen MR) is 98.0 cm³/mol. The fourth-order valence-electron chi connectivity index (χ4n) is 2.14. The van der Waals surface area contributed by atoms with E-state index in [1.807, 2.05) is 6.92 Å². The van der Waals surface area contributed by atoms with Crippen molar-refractivity contribution < 1.29 is 33.4 Å². The summed E-state index contributed by atoms with van der Waals surface area (Å²) < 4.78 is 16.6. The number of hydrogen-bond acceptors (Lipinski definition) is 7. The van der Waals surface area contributed by atoms with E-state index in [0.29, 0.717) is 12.8 Å². The summed E-state index contributed by atoms with van der Waals surface area (Å²) in [5.74, 6) is -0.684. The molecule has 0 aromatic carbocycles. The lowest BCUT2D eigenvalue weighted by Crippen LogP contribution is -2.58. The molecular weight excluding hydrogens is 356 g/mol. The summed E-state index contributed by atoms with van der Waals surface area (Å²) in [6, 6.07) is 0. The Bertz CT molecular complexity index is 447. The SMILES string of the molecule is CCCC(=O)NC(COCCC=O)(COCCC(C)=O)COCCC(N)=O. The molecule has 156 valence electrons. The lowest BCUT2D eigenvalue weighted by molar-refractivity contribution is -0.129. The summed E-state index contributed by atoms with van der Waals surface area (Å²) in [4.78, 5) is 44.6. The zero-order valence-corrected chi connectivity index (χ0v) is 16.3. The fraction of sp³-hybridized carbons (Fsp3) is 0.778. The van der Waals surface area contributed by atoms with Gasteiger partial charge in [0.1, 0.15) is 17.6 Å². The van der Waals surface area contributed by atoms with Gasteiger partial charge in [0.25, 0.3) is 0 Å². The smallest absolute Gasteiger partial charge is 0.220 e. The lowest BCUT2D eigenvalue weighted by Gasteiger charge is -2.34. The van der Waals surface area contributed by atoms with Crippen molar-refractivity contribution in [1.82, 2.24) is 5.32 Å². The van der Waals surface area contributed by atoms with Gasteiger partial charge in [-0.05, 0) is 13.3 Å². The summed E-state index contributed by atoms with van der Waals surface area (Å²) in [7, 11) is 0. The van der Waals surface area contributed by atoms with E-state index >= 15 is 0 Å². The van der Waals surface area contributed by atoms with Crippen molar-refractivity contribution in [2.45, 2.75) is 51.5 Å². The minimum atomic E-state index is -0.996. The molecular formula is C18H32N2O7. The molecule has 9 nitrogen and oxygen atoms in total. The van der Waals surface area contributed by atoms with Gasteiger partial charge in [-0.2, -0.15) is 0 Å². The molecule has 0 radical (unpaired) electrons. The van der Waals surface area contributed by atoms with Crippen LogP contribution in [-0.2, 0) is 33.4 Å². The maximum Gasteiger partial charge on any atom is 0.220 e. The number of nitrogens with two attached hydrogens (primary N) is 1. The highest BCUT2D eigenvalue weighted by Gasteiger charge is 2.33. The van der Waals surface area contributed by atoms with E-state index in [1.54, 1.807) is 0 Å². The molecule has 0 fully saturated rings. The third-order valence-electron chi connectivity index (χ3n) is 3.49. The molecule has 3 N–H and O–H groups in total. The quantitative estimate of drug-likeness (QED) is 0.252. The van der Waals surface area contributed by atoms with Gasteiger partial charge in [0.15, 0.2) is 0 Å². The van der Waals surface area contributed by atoms with Crippen LogP contribution in [-0.4, -0.2) is 69.1 Å². The van der Waals surface area contributed by atoms with Crippen LogP contribution in [0, 0.1) is 0 Å². The fourth-order valence-corrected chi connectivity index (χ4v) is 2.14. The van der Waals surface area contributed by atoms with Gasteiger partial charge < -0.3 is 30.1 Å². The number of Topliss-reactive ketones (excluding diaryl/α,β-unsaturated/α-hetero) is 1. The molecule has 2 amide bonds. The molecule has 0 aliphatic rings. The van der Waals surface area contributed by atoms with Crippen LogP contribution in [0.15, 0.2) is 0 Å². The number of ketones is 1. The summed E-state index contributed by atoms with van der Waals surface area (Å²) in [6.45, 7) is 4.02. The van der Waals surface area contributed by atoms with E-state index in [4.69, 9.17) is 19.9 Å². The van der Waals surface area contributed by atoms with Gasteiger partial charge >= 0.3 is 0 Å². The summed E-state index contributed by atoms with van der Waals surface area (Å²) in [5, 5.41) is 2.88. The number of carbonyl (C=O) groups is 4. The highest BCUT2D eigenvalue weighted by atomic mass is 16.5. The van der Waals surface area contributed by atoms with Crippen LogP contribution in [0.3, 0.4) is 0 Å². The first-order valence-corrected chi connectivity index (χ1v) is 9.11. The first kappa shape index (κ1) is 25.2. The van der Waals surface area contributed by atoms with Crippen LogP contribution < -0.4 is 11.1 Å². The first-order chi connectivity index (χ1) is 12.8. The Morgan fingerprint density at radius 2 is 1.52 bits per heavy atom. The van der Waals surface area contributed by atoms with Crippen LogP contribution in [0.4, 0.5) is 0 Å². The minimum absolute atomic E-state index is 0.00411. The van der Waals surface area contributed by atoms with Crippen LogP contribution in [0.2, 0.25) is 0 Å². The molecule has 27 heavy (non-hydrogen) atoms. The Labute approximate surface area is 160 Å². The average molecular weight is 388 g/mol. The van der Waals surface area contributed by atoms with E-state index in [-0.39, 0.29) is 70.6 Å². The zero-order chi connectivity index (χ0) is 20.5. The van der Waals surface area contributed by atoms with Crippen molar-refractivity contribution in [2.24, 2.45) is 5.73 Å². The van der Waals surface area contributed by atoms with Crippen molar-refractivity contribution >= 4 is 23.9 Å². The predicted octanol–water partition coefficient (Wildman–Crippen LogP) is 0.135. The van der Waals surface area contributed by atoms with Crippen LogP contribution in [0.1, 0.15) is 46.0 Å². The molecule has 0 rings (SSSR count). The van der Waals surface area contributed by atoms with Crippen LogP contribution >= 0.6 is 0 Å². The third kappa shape index (κ3) is 14.0. The molecule has 1 atom stereocenters. The third-order valence-corrected chi connectivity index (χ3v) is 3.49. The molecule has 0 spiro atoms. The van der Waals surface area contributed by atoms with E-state index in [2.05, 4.69) is 5.32 Å². The van der Waals surface area contributed by atoms with Crippen molar-refractivity contribution in [3.05, 3.63) is 0 Å². The van der Waals surface area contributed by atoms with Gasteiger partial charge in [-0.1, -0.05) is 6.92 Å². The maximum absolute atomic E-state index is 12.2. The second kappa shape index (κ2) is 15.2. The van der Waals surface area contributed by atoms with Gasteiger partial charge in [0.2, 0.25) is 11.8 Å². The van der Waals surface area contributed by atoms with Crippen LogP contribution in [0.5, 0.6) is 0 Å². The van der Waals surface area contributed by atoms with Gasteiger partial charge in [-0.25, -0.2) is 0 Å². The van der Waals surface area contributed by atoms with Gasteiger partial charge in [-0.3, -0.25) is 14.4 Å². The van der Waals surface area contributed by atoms with Gasteiger partial charge in [-0.15, -0.1) is 0 Å². The number of primary amides is 1. The molecule has 1 unspecified atom stereocenters. The normalized spacial score (nSPS) is 13.0. The molecule has 9 heteroatoms. The summed E-state index contributed by atoms with van der Waals surface area (Å²) in [6.07, 6.45) is 2.27. The van der Waals surface area contributed by atoms with Gasteiger partial charge in [0, 0.05) is 25.7 Å². The van der Waals surface area contributed by atoms with Crippen molar-refractivity contribution in [3.63, 3.8) is 0 Å². The molecule has 0 heterocycles. The van der Waals surface area contributed by atoms with E-state index in [0.717, 1.165) is 6.29 Å². The molecule has 0 saturated heterocycles. The number of amides is 2. The highest BCUT2D eigenvalue weighted by molar-refractivity contribution is 5.77. The monoisotopic (exact) mass is 388 g/mol. The number of hydrogen-bond donors (Lipinski definition) is 2. The average Bonchev–Trinajstić information content (AvgIpc) is 2.59.